The standard InChI is InChI=1S/C12H12N2O4/c15-11(16)7-5-17-6-9(7)14-12-13-8-3-1-2-4-10(8)18-12/h1-4,7,9H,5-6H2,(H,13,14)(H,15,16). The molecule has 0 aliphatic carbocycles. The van der Waals surface area contributed by atoms with E-state index in [1.165, 1.54) is 0 Å². The lowest BCUT2D eigenvalue weighted by atomic mass is 10.1. The summed E-state index contributed by atoms with van der Waals surface area (Å²) in [5.74, 6) is -1.44. The molecule has 94 valence electrons. The molecule has 1 aliphatic rings. The Labute approximate surface area is 103 Å². The number of ether oxygens (including phenoxy) is 1. The van der Waals surface area contributed by atoms with Gasteiger partial charge in [-0.05, 0) is 12.1 Å². The summed E-state index contributed by atoms with van der Waals surface area (Å²) in [6.07, 6.45) is 0. The molecular formula is C12H12N2O4. The van der Waals surface area contributed by atoms with Crippen LogP contribution in [0.2, 0.25) is 0 Å². The molecule has 1 aliphatic heterocycles. The average Bonchev–Trinajstić information content (AvgIpc) is 2.94. The molecule has 18 heavy (non-hydrogen) atoms. The number of hydrogen-bond acceptors (Lipinski definition) is 5. The smallest absolute Gasteiger partial charge is 0.311 e. The van der Waals surface area contributed by atoms with Gasteiger partial charge in [0.2, 0.25) is 0 Å². The fraction of sp³-hybridized carbons (Fsp3) is 0.333. The Hall–Kier alpha value is -2.08. The highest BCUT2D eigenvalue weighted by Gasteiger charge is 2.34. The zero-order valence-corrected chi connectivity index (χ0v) is 9.50. The van der Waals surface area contributed by atoms with Gasteiger partial charge in [0.05, 0.1) is 19.3 Å². The second kappa shape index (κ2) is 4.30. The van der Waals surface area contributed by atoms with Gasteiger partial charge in [0.25, 0.3) is 6.01 Å². The Kier molecular flexibility index (Phi) is 2.64. The fourth-order valence-corrected chi connectivity index (χ4v) is 2.03. The van der Waals surface area contributed by atoms with Gasteiger partial charge in [-0.2, -0.15) is 4.98 Å². The molecule has 2 unspecified atom stereocenters. The van der Waals surface area contributed by atoms with Gasteiger partial charge in [-0.15, -0.1) is 0 Å². The zero-order chi connectivity index (χ0) is 12.5. The molecule has 2 atom stereocenters. The molecule has 6 heteroatoms. The molecule has 1 aromatic heterocycles. The van der Waals surface area contributed by atoms with Crippen LogP contribution in [0.25, 0.3) is 11.1 Å². The number of hydrogen-bond donors (Lipinski definition) is 2. The van der Waals surface area contributed by atoms with Crippen LogP contribution in [-0.2, 0) is 9.53 Å². The van der Waals surface area contributed by atoms with Crippen LogP contribution in [0.4, 0.5) is 6.01 Å². The van der Waals surface area contributed by atoms with Gasteiger partial charge in [-0.3, -0.25) is 4.79 Å². The number of carbonyl (C=O) groups is 1. The van der Waals surface area contributed by atoms with Gasteiger partial charge in [0.15, 0.2) is 5.58 Å². The van der Waals surface area contributed by atoms with Crippen LogP contribution in [0.5, 0.6) is 0 Å². The zero-order valence-electron chi connectivity index (χ0n) is 9.50. The summed E-state index contributed by atoms with van der Waals surface area (Å²) in [5.41, 5.74) is 1.41. The minimum Gasteiger partial charge on any atom is -0.481 e. The lowest BCUT2D eigenvalue weighted by Crippen LogP contribution is -2.33. The molecule has 2 aromatic rings. The third-order valence-corrected chi connectivity index (χ3v) is 3.00. The van der Waals surface area contributed by atoms with E-state index in [4.69, 9.17) is 14.3 Å². The van der Waals surface area contributed by atoms with Crippen LogP contribution in [0.3, 0.4) is 0 Å². The van der Waals surface area contributed by atoms with Crippen molar-refractivity contribution in [3.63, 3.8) is 0 Å². The Balaban J connectivity index is 1.81. The highest BCUT2D eigenvalue weighted by Crippen LogP contribution is 2.22. The van der Waals surface area contributed by atoms with Crippen LogP contribution in [0.1, 0.15) is 0 Å². The summed E-state index contributed by atoms with van der Waals surface area (Å²) in [6, 6.07) is 7.40. The summed E-state index contributed by atoms with van der Waals surface area (Å²) < 4.78 is 10.7. The number of nitrogens with zero attached hydrogens (tertiary/aromatic N) is 1. The van der Waals surface area contributed by atoms with E-state index in [1.54, 1.807) is 0 Å². The van der Waals surface area contributed by atoms with Gasteiger partial charge >= 0.3 is 5.97 Å². The normalized spacial score (nSPS) is 23.3. The molecule has 6 nitrogen and oxygen atoms in total. The largest absolute Gasteiger partial charge is 0.481 e. The molecule has 1 fully saturated rings. The number of para-hydroxylation sites is 2. The molecule has 0 bridgehead atoms. The van der Waals surface area contributed by atoms with Gasteiger partial charge in [-0.1, -0.05) is 12.1 Å². The van der Waals surface area contributed by atoms with Gasteiger partial charge < -0.3 is 19.6 Å². The summed E-state index contributed by atoms with van der Waals surface area (Å²) in [5, 5.41) is 12.0. The monoisotopic (exact) mass is 248 g/mol. The number of benzene rings is 1. The first-order valence-electron chi connectivity index (χ1n) is 5.67. The van der Waals surface area contributed by atoms with Gasteiger partial charge in [0, 0.05) is 0 Å². The number of fused-ring (bicyclic) bond motifs is 1. The maximum atomic E-state index is 11.0. The number of aliphatic carboxylic acids is 1. The summed E-state index contributed by atoms with van der Waals surface area (Å²) in [6.45, 7) is 0.558. The van der Waals surface area contributed by atoms with Crippen molar-refractivity contribution in [2.45, 2.75) is 6.04 Å². The second-order valence-corrected chi connectivity index (χ2v) is 4.22. The summed E-state index contributed by atoms with van der Waals surface area (Å²) in [7, 11) is 0. The predicted molar refractivity (Wildman–Crippen MR) is 63.4 cm³/mol. The highest BCUT2D eigenvalue weighted by atomic mass is 16.5. The quantitative estimate of drug-likeness (QED) is 0.852. The Morgan fingerprint density at radius 3 is 3.00 bits per heavy atom. The van der Waals surface area contributed by atoms with Crippen molar-refractivity contribution in [2.24, 2.45) is 5.92 Å². The van der Waals surface area contributed by atoms with Crippen LogP contribution in [0, 0.1) is 5.92 Å². The number of anilines is 1. The van der Waals surface area contributed by atoms with Crippen LogP contribution >= 0.6 is 0 Å². The van der Waals surface area contributed by atoms with E-state index >= 15 is 0 Å². The van der Waals surface area contributed by atoms with E-state index in [-0.39, 0.29) is 12.6 Å². The lowest BCUT2D eigenvalue weighted by Gasteiger charge is -2.13. The van der Waals surface area contributed by atoms with Crippen molar-refractivity contribution in [2.75, 3.05) is 18.5 Å². The molecule has 3 rings (SSSR count). The number of rotatable bonds is 3. The maximum absolute atomic E-state index is 11.0. The van der Waals surface area contributed by atoms with Crippen molar-refractivity contribution in [3.8, 4) is 0 Å². The average molecular weight is 248 g/mol. The second-order valence-electron chi connectivity index (χ2n) is 4.22. The lowest BCUT2D eigenvalue weighted by molar-refractivity contribution is -0.141. The SMILES string of the molecule is O=C(O)C1COCC1Nc1nc2ccccc2o1. The fourth-order valence-electron chi connectivity index (χ4n) is 2.03. The summed E-state index contributed by atoms with van der Waals surface area (Å²) >= 11 is 0. The third-order valence-electron chi connectivity index (χ3n) is 3.00. The number of aromatic nitrogens is 1. The van der Waals surface area contributed by atoms with Gasteiger partial charge in [0.1, 0.15) is 11.4 Å². The molecule has 1 aromatic carbocycles. The Morgan fingerprint density at radius 2 is 2.22 bits per heavy atom. The number of nitrogens with one attached hydrogen (secondary N) is 1. The Bertz CT molecular complexity index is 547. The molecule has 0 spiro atoms. The molecular weight excluding hydrogens is 236 g/mol. The highest BCUT2D eigenvalue weighted by molar-refractivity contribution is 5.75. The van der Waals surface area contributed by atoms with Crippen LogP contribution in [-0.4, -0.2) is 35.3 Å². The Morgan fingerprint density at radius 1 is 1.39 bits per heavy atom. The van der Waals surface area contributed by atoms with Crippen molar-refractivity contribution in [1.29, 1.82) is 0 Å². The first-order valence-corrected chi connectivity index (χ1v) is 5.67. The van der Waals surface area contributed by atoms with E-state index in [2.05, 4.69) is 10.3 Å². The van der Waals surface area contributed by atoms with Crippen molar-refractivity contribution in [1.82, 2.24) is 4.98 Å². The molecule has 0 radical (unpaired) electrons. The van der Waals surface area contributed by atoms with E-state index in [0.29, 0.717) is 18.2 Å². The van der Waals surface area contributed by atoms with E-state index in [1.807, 2.05) is 24.3 Å². The predicted octanol–water partition coefficient (Wildman–Crippen LogP) is 1.34. The molecule has 1 saturated heterocycles. The minimum absolute atomic E-state index is 0.216. The summed E-state index contributed by atoms with van der Waals surface area (Å²) in [4.78, 5) is 15.2. The number of oxazole rings is 1. The third kappa shape index (κ3) is 1.91. The van der Waals surface area contributed by atoms with E-state index in [0.717, 1.165) is 5.52 Å². The molecule has 2 heterocycles. The van der Waals surface area contributed by atoms with Crippen molar-refractivity contribution in [3.05, 3.63) is 24.3 Å². The van der Waals surface area contributed by atoms with E-state index in [9.17, 15) is 4.79 Å². The van der Waals surface area contributed by atoms with Crippen LogP contribution in [0.15, 0.2) is 28.7 Å². The molecule has 2 N–H and O–H groups in total. The van der Waals surface area contributed by atoms with Gasteiger partial charge in [-0.25, -0.2) is 0 Å². The maximum Gasteiger partial charge on any atom is 0.311 e. The first kappa shape index (κ1) is 11.0. The molecule has 0 amide bonds. The number of carboxylic acids is 1. The topological polar surface area (TPSA) is 84.6 Å². The van der Waals surface area contributed by atoms with Crippen molar-refractivity contribution >= 4 is 23.1 Å². The minimum atomic E-state index is -0.874. The first-order chi connectivity index (χ1) is 8.74. The number of carboxylic acid groups (broad SMARTS) is 1. The van der Waals surface area contributed by atoms with Crippen LogP contribution < -0.4 is 5.32 Å². The van der Waals surface area contributed by atoms with E-state index < -0.39 is 11.9 Å². The molecule has 0 saturated carbocycles. The van der Waals surface area contributed by atoms with Crippen molar-refractivity contribution < 1.29 is 19.1 Å².